The van der Waals surface area contributed by atoms with Gasteiger partial charge >= 0.3 is 0 Å². The molecule has 0 unspecified atom stereocenters. The maximum Gasteiger partial charge on any atom is 0.223 e. The molecule has 1 aliphatic rings. The Bertz CT molecular complexity index is 351. The molecule has 1 saturated carbocycles. The van der Waals surface area contributed by atoms with Crippen LogP contribution >= 0.6 is 0 Å². The topological polar surface area (TPSA) is 81.1 Å². The standard InChI is InChI=1S/C12H21N5/c1-17(9-6-4-2-3-5-7-9)11-8-10(13)15-12(14)16-11/h8-9H,2-7H2,1H3,(H4,13,14,15,16). The Kier molecular flexibility index (Phi) is 3.66. The van der Waals surface area contributed by atoms with Crippen LogP contribution in [0.15, 0.2) is 6.07 Å². The zero-order chi connectivity index (χ0) is 12.3. The van der Waals surface area contributed by atoms with E-state index < -0.39 is 0 Å². The molecule has 1 aromatic heterocycles. The van der Waals surface area contributed by atoms with Crippen molar-refractivity contribution in [1.82, 2.24) is 9.97 Å². The van der Waals surface area contributed by atoms with Crippen LogP contribution in [0.5, 0.6) is 0 Å². The molecule has 0 aliphatic heterocycles. The van der Waals surface area contributed by atoms with Crippen molar-refractivity contribution in [3.05, 3.63) is 6.07 Å². The van der Waals surface area contributed by atoms with Crippen molar-refractivity contribution in [3.63, 3.8) is 0 Å². The van der Waals surface area contributed by atoms with E-state index in [0.29, 0.717) is 11.9 Å². The summed E-state index contributed by atoms with van der Waals surface area (Å²) in [6.45, 7) is 0. The number of rotatable bonds is 2. The van der Waals surface area contributed by atoms with E-state index in [0.717, 1.165) is 5.82 Å². The summed E-state index contributed by atoms with van der Waals surface area (Å²) in [6, 6.07) is 2.34. The zero-order valence-corrected chi connectivity index (χ0v) is 10.4. The predicted molar refractivity (Wildman–Crippen MR) is 70.7 cm³/mol. The second-order valence-corrected chi connectivity index (χ2v) is 4.77. The lowest BCUT2D eigenvalue weighted by atomic mass is 10.1. The zero-order valence-electron chi connectivity index (χ0n) is 10.4. The van der Waals surface area contributed by atoms with Gasteiger partial charge in [0.25, 0.3) is 0 Å². The highest BCUT2D eigenvalue weighted by atomic mass is 15.2. The largest absolute Gasteiger partial charge is 0.383 e. The smallest absolute Gasteiger partial charge is 0.223 e. The molecule has 1 heterocycles. The number of nitrogens with zero attached hydrogens (tertiary/aromatic N) is 3. The highest BCUT2D eigenvalue weighted by Crippen LogP contribution is 2.25. The van der Waals surface area contributed by atoms with E-state index in [4.69, 9.17) is 11.5 Å². The van der Waals surface area contributed by atoms with Crippen LogP contribution in [0.3, 0.4) is 0 Å². The molecule has 5 heteroatoms. The Hall–Kier alpha value is -1.52. The fourth-order valence-electron chi connectivity index (χ4n) is 2.48. The van der Waals surface area contributed by atoms with E-state index in [9.17, 15) is 0 Å². The summed E-state index contributed by atoms with van der Waals surface area (Å²) in [4.78, 5) is 10.3. The van der Waals surface area contributed by atoms with Crippen LogP contribution in [0, 0.1) is 0 Å². The minimum atomic E-state index is 0.250. The van der Waals surface area contributed by atoms with Crippen molar-refractivity contribution in [2.75, 3.05) is 23.4 Å². The Morgan fingerprint density at radius 3 is 2.35 bits per heavy atom. The van der Waals surface area contributed by atoms with Gasteiger partial charge in [0.2, 0.25) is 5.95 Å². The third-order valence-corrected chi connectivity index (χ3v) is 3.48. The molecule has 4 N–H and O–H groups in total. The van der Waals surface area contributed by atoms with Gasteiger partial charge in [-0.2, -0.15) is 9.97 Å². The van der Waals surface area contributed by atoms with Gasteiger partial charge in [0.05, 0.1) is 0 Å². The Morgan fingerprint density at radius 2 is 1.76 bits per heavy atom. The fraction of sp³-hybridized carbons (Fsp3) is 0.667. The Morgan fingerprint density at radius 1 is 1.12 bits per heavy atom. The number of aromatic nitrogens is 2. The second kappa shape index (κ2) is 5.21. The first-order chi connectivity index (χ1) is 8.16. The van der Waals surface area contributed by atoms with Gasteiger partial charge < -0.3 is 16.4 Å². The summed E-state index contributed by atoms with van der Waals surface area (Å²) < 4.78 is 0. The molecule has 0 aromatic carbocycles. The van der Waals surface area contributed by atoms with Crippen molar-refractivity contribution < 1.29 is 0 Å². The molecule has 17 heavy (non-hydrogen) atoms. The average Bonchev–Trinajstić information content (AvgIpc) is 2.55. The maximum atomic E-state index is 5.70. The van der Waals surface area contributed by atoms with Gasteiger partial charge in [-0.15, -0.1) is 0 Å². The molecule has 0 bridgehead atoms. The predicted octanol–water partition coefficient (Wildman–Crippen LogP) is 1.80. The van der Waals surface area contributed by atoms with E-state index in [-0.39, 0.29) is 5.95 Å². The summed E-state index contributed by atoms with van der Waals surface area (Å²) in [6.07, 6.45) is 7.73. The number of nitrogens with two attached hydrogens (primary N) is 2. The summed E-state index contributed by atoms with van der Waals surface area (Å²) in [5.74, 6) is 1.52. The first kappa shape index (κ1) is 12.0. The number of hydrogen-bond donors (Lipinski definition) is 2. The van der Waals surface area contributed by atoms with Crippen LogP contribution in [0.4, 0.5) is 17.6 Å². The number of anilines is 3. The van der Waals surface area contributed by atoms with Crippen LogP contribution in [0.25, 0.3) is 0 Å². The van der Waals surface area contributed by atoms with Crippen LogP contribution in [0.1, 0.15) is 38.5 Å². The molecule has 0 radical (unpaired) electrons. The summed E-state index contributed by atoms with van der Waals surface area (Å²) in [5, 5.41) is 0. The highest BCUT2D eigenvalue weighted by Gasteiger charge is 2.18. The molecule has 5 nitrogen and oxygen atoms in total. The van der Waals surface area contributed by atoms with Crippen molar-refractivity contribution in [3.8, 4) is 0 Å². The molecule has 0 amide bonds. The van der Waals surface area contributed by atoms with Crippen LogP contribution in [-0.2, 0) is 0 Å². The van der Waals surface area contributed by atoms with Gasteiger partial charge in [0.15, 0.2) is 0 Å². The highest BCUT2D eigenvalue weighted by molar-refractivity contribution is 5.50. The third-order valence-electron chi connectivity index (χ3n) is 3.48. The van der Waals surface area contributed by atoms with Gasteiger partial charge in [-0.3, -0.25) is 0 Å². The van der Waals surface area contributed by atoms with E-state index >= 15 is 0 Å². The van der Waals surface area contributed by atoms with Crippen molar-refractivity contribution in [2.45, 2.75) is 44.6 Å². The molecule has 0 atom stereocenters. The maximum absolute atomic E-state index is 5.70. The molecule has 1 fully saturated rings. The lowest BCUT2D eigenvalue weighted by Gasteiger charge is -2.28. The second-order valence-electron chi connectivity index (χ2n) is 4.77. The van der Waals surface area contributed by atoms with Gasteiger partial charge in [0.1, 0.15) is 11.6 Å². The van der Waals surface area contributed by atoms with Crippen LogP contribution in [0.2, 0.25) is 0 Å². The van der Waals surface area contributed by atoms with Crippen LogP contribution in [-0.4, -0.2) is 23.1 Å². The molecule has 0 saturated heterocycles. The molecular weight excluding hydrogens is 214 g/mol. The van der Waals surface area contributed by atoms with Crippen LogP contribution < -0.4 is 16.4 Å². The average molecular weight is 235 g/mol. The van der Waals surface area contributed by atoms with Gasteiger partial charge in [-0.05, 0) is 12.8 Å². The fourth-order valence-corrected chi connectivity index (χ4v) is 2.48. The lowest BCUT2D eigenvalue weighted by molar-refractivity contribution is 0.549. The number of hydrogen-bond acceptors (Lipinski definition) is 5. The van der Waals surface area contributed by atoms with Crippen molar-refractivity contribution in [1.29, 1.82) is 0 Å². The Balaban J connectivity index is 2.14. The van der Waals surface area contributed by atoms with E-state index in [1.54, 1.807) is 6.07 Å². The minimum absolute atomic E-state index is 0.250. The van der Waals surface area contributed by atoms with E-state index in [1.807, 2.05) is 0 Å². The summed E-state index contributed by atoms with van der Waals surface area (Å²) >= 11 is 0. The lowest BCUT2D eigenvalue weighted by Crippen LogP contribution is -2.32. The SMILES string of the molecule is CN(c1cc(N)nc(N)n1)C1CCCCCC1. The Labute approximate surface area is 102 Å². The van der Waals surface area contributed by atoms with Gasteiger partial charge in [-0.1, -0.05) is 25.7 Å². The van der Waals surface area contributed by atoms with Crippen molar-refractivity contribution >= 4 is 17.6 Å². The minimum Gasteiger partial charge on any atom is -0.383 e. The number of nitrogen functional groups attached to an aromatic ring is 2. The quantitative estimate of drug-likeness (QED) is 0.764. The van der Waals surface area contributed by atoms with E-state index in [2.05, 4.69) is 21.9 Å². The molecule has 2 rings (SSSR count). The first-order valence-corrected chi connectivity index (χ1v) is 6.29. The van der Waals surface area contributed by atoms with Gasteiger partial charge in [0, 0.05) is 19.2 Å². The summed E-state index contributed by atoms with van der Waals surface area (Å²) in [7, 11) is 2.07. The molecule has 94 valence electrons. The molecule has 1 aliphatic carbocycles. The molecule has 0 spiro atoms. The summed E-state index contributed by atoms with van der Waals surface area (Å²) in [5.41, 5.74) is 11.3. The van der Waals surface area contributed by atoms with E-state index in [1.165, 1.54) is 38.5 Å². The third kappa shape index (κ3) is 2.99. The van der Waals surface area contributed by atoms with Crippen molar-refractivity contribution in [2.24, 2.45) is 0 Å². The van der Waals surface area contributed by atoms with Gasteiger partial charge in [-0.25, -0.2) is 0 Å². The monoisotopic (exact) mass is 235 g/mol. The molecular formula is C12H21N5. The molecule has 1 aromatic rings. The normalized spacial score (nSPS) is 17.7. The first-order valence-electron chi connectivity index (χ1n) is 6.29.